The van der Waals surface area contributed by atoms with Crippen LogP contribution in [0.4, 0.5) is 11.4 Å². The average Bonchev–Trinajstić information content (AvgIpc) is 2.83. The molecule has 0 bridgehead atoms. The minimum absolute atomic E-state index is 0.144. The van der Waals surface area contributed by atoms with E-state index in [1.165, 1.54) is 0 Å². The van der Waals surface area contributed by atoms with E-state index in [2.05, 4.69) is 42.6 Å². The fourth-order valence-electron chi connectivity index (χ4n) is 4.47. The predicted molar refractivity (Wildman–Crippen MR) is 160 cm³/mol. The number of hydrogen-bond donors (Lipinski definition) is 2. The van der Waals surface area contributed by atoms with E-state index in [0.717, 1.165) is 36.2 Å². The monoisotopic (exact) mass is 549 g/mol. The van der Waals surface area contributed by atoms with Crippen molar-refractivity contribution >= 4 is 33.2 Å². The fourth-order valence-corrected chi connectivity index (χ4v) is 4.92. The van der Waals surface area contributed by atoms with Gasteiger partial charge in [-0.25, -0.2) is 13.1 Å². The van der Waals surface area contributed by atoms with Crippen molar-refractivity contribution in [3.63, 3.8) is 0 Å². The summed E-state index contributed by atoms with van der Waals surface area (Å²) in [6.07, 6.45) is 1.17. The molecule has 39 heavy (non-hydrogen) atoms. The van der Waals surface area contributed by atoms with Crippen molar-refractivity contribution in [3.8, 4) is 11.1 Å². The van der Waals surface area contributed by atoms with E-state index >= 15 is 0 Å². The molecule has 0 saturated carbocycles. The molecular weight excluding hydrogens is 510 g/mol. The number of aryl methyl sites for hydroxylation is 1. The van der Waals surface area contributed by atoms with Gasteiger partial charge in [0.15, 0.2) is 0 Å². The number of benzene rings is 3. The molecule has 0 heterocycles. The van der Waals surface area contributed by atoms with Gasteiger partial charge in [-0.05, 0) is 53.6 Å². The molecule has 3 rings (SSSR count). The fraction of sp³-hybridized carbons (Fsp3) is 0.355. The van der Waals surface area contributed by atoms with Gasteiger partial charge in [0, 0.05) is 18.7 Å². The second kappa shape index (κ2) is 12.9. The zero-order valence-electron chi connectivity index (χ0n) is 23.6. The van der Waals surface area contributed by atoms with Crippen molar-refractivity contribution in [3.05, 3.63) is 83.4 Å². The molecule has 0 aliphatic rings. The third-order valence-electron chi connectivity index (χ3n) is 6.03. The summed E-state index contributed by atoms with van der Waals surface area (Å²) in [6.45, 7) is 12.3. The first kappa shape index (κ1) is 29.9. The zero-order chi connectivity index (χ0) is 28.7. The van der Waals surface area contributed by atoms with Crippen molar-refractivity contribution in [2.24, 2.45) is 11.8 Å². The van der Waals surface area contributed by atoms with E-state index in [4.69, 9.17) is 0 Å². The Morgan fingerprint density at radius 2 is 1.49 bits per heavy atom. The minimum atomic E-state index is -3.73. The van der Waals surface area contributed by atoms with Gasteiger partial charge < -0.3 is 10.2 Å². The van der Waals surface area contributed by atoms with Crippen LogP contribution in [0.1, 0.15) is 49.2 Å². The number of anilines is 2. The lowest BCUT2D eigenvalue weighted by molar-refractivity contribution is -0.115. The highest BCUT2D eigenvalue weighted by Gasteiger charge is 2.20. The van der Waals surface area contributed by atoms with Crippen LogP contribution in [0, 0.1) is 18.8 Å². The maximum absolute atomic E-state index is 13.2. The molecule has 0 saturated heterocycles. The van der Waals surface area contributed by atoms with Gasteiger partial charge in [0.05, 0.1) is 24.1 Å². The first-order valence-corrected chi connectivity index (χ1v) is 15.1. The minimum Gasteiger partial charge on any atom is -0.369 e. The van der Waals surface area contributed by atoms with Gasteiger partial charge in [-0.15, -0.1) is 0 Å². The number of carbonyl (C=O) groups excluding carboxylic acids is 2. The van der Waals surface area contributed by atoms with E-state index in [0.29, 0.717) is 28.7 Å². The van der Waals surface area contributed by atoms with Gasteiger partial charge in [-0.2, -0.15) is 0 Å². The van der Waals surface area contributed by atoms with Gasteiger partial charge in [0.25, 0.3) is 5.91 Å². The number of hydrogen-bond acceptors (Lipinski definition) is 5. The number of carbonyl (C=O) groups is 2. The summed E-state index contributed by atoms with van der Waals surface area (Å²) in [6, 6.07) is 20.4. The van der Waals surface area contributed by atoms with Crippen molar-refractivity contribution < 1.29 is 18.0 Å². The quantitative estimate of drug-likeness (QED) is 0.322. The molecule has 8 heteroatoms. The molecule has 2 amide bonds. The molecular formula is C31H39N3O4S. The van der Waals surface area contributed by atoms with Crippen LogP contribution in [-0.4, -0.2) is 39.6 Å². The Kier molecular flexibility index (Phi) is 9.92. The normalized spacial score (nSPS) is 11.5. The Bertz CT molecular complexity index is 1400. The number of amides is 2. The molecule has 0 aliphatic heterocycles. The van der Waals surface area contributed by atoms with Crippen LogP contribution in [0.25, 0.3) is 11.1 Å². The summed E-state index contributed by atoms with van der Waals surface area (Å²) in [4.78, 5) is 28.3. The molecule has 0 spiro atoms. The first-order valence-electron chi connectivity index (χ1n) is 13.2. The molecule has 7 nitrogen and oxygen atoms in total. The standard InChI is InChI=1S/C31H39N3O4S/c1-21(2)19-34(20-22(3)4)29-16-15-25(26-9-7-8-10-27(26)31(36)33-39(6,37)38)18-28(29)32-30(35)17-24-13-11-23(5)12-14-24/h7-16,18,21-22H,17,19-20H2,1-6H3,(H,32,35)(H,33,36). The molecule has 0 atom stereocenters. The summed E-state index contributed by atoms with van der Waals surface area (Å²) in [5.41, 5.74) is 5.08. The van der Waals surface area contributed by atoms with E-state index in [1.807, 2.05) is 49.4 Å². The molecule has 0 unspecified atom stereocenters. The molecule has 2 N–H and O–H groups in total. The van der Waals surface area contributed by atoms with E-state index in [-0.39, 0.29) is 17.9 Å². The number of rotatable bonds is 11. The van der Waals surface area contributed by atoms with Crippen molar-refractivity contribution in [1.82, 2.24) is 4.72 Å². The molecule has 0 fully saturated rings. The Balaban J connectivity index is 2.06. The van der Waals surface area contributed by atoms with Crippen LogP contribution in [-0.2, 0) is 21.2 Å². The summed E-state index contributed by atoms with van der Waals surface area (Å²) >= 11 is 0. The number of nitrogens with zero attached hydrogens (tertiary/aromatic N) is 1. The summed E-state index contributed by atoms with van der Waals surface area (Å²) < 4.78 is 25.5. The maximum Gasteiger partial charge on any atom is 0.265 e. The highest BCUT2D eigenvalue weighted by atomic mass is 32.2. The smallest absolute Gasteiger partial charge is 0.265 e. The predicted octanol–water partition coefficient (Wildman–Crippen LogP) is 5.65. The van der Waals surface area contributed by atoms with Crippen LogP contribution >= 0.6 is 0 Å². The van der Waals surface area contributed by atoms with E-state index in [9.17, 15) is 18.0 Å². The molecule has 208 valence electrons. The topological polar surface area (TPSA) is 95.6 Å². The lowest BCUT2D eigenvalue weighted by Gasteiger charge is -2.31. The van der Waals surface area contributed by atoms with Gasteiger partial charge in [-0.3, -0.25) is 9.59 Å². The first-order chi connectivity index (χ1) is 18.3. The van der Waals surface area contributed by atoms with Crippen LogP contribution in [0.3, 0.4) is 0 Å². The highest BCUT2D eigenvalue weighted by molar-refractivity contribution is 7.89. The Morgan fingerprint density at radius 1 is 0.872 bits per heavy atom. The SMILES string of the molecule is Cc1ccc(CC(=O)Nc2cc(-c3ccccc3C(=O)NS(C)(=O)=O)ccc2N(CC(C)C)CC(C)C)cc1. The number of sulfonamides is 1. The lowest BCUT2D eigenvalue weighted by Crippen LogP contribution is -2.32. The molecule has 3 aromatic rings. The second-order valence-corrected chi connectivity index (χ2v) is 12.6. The Labute approximate surface area is 232 Å². The van der Waals surface area contributed by atoms with E-state index in [1.54, 1.807) is 24.3 Å². The average molecular weight is 550 g/mol. The Hall–Kier alpha value is -3.65. The van der Waals surface area contributed by atoms with Gasteiger partial charge in [0.1, 0.15) is 0 Å². The van der Waals surface area contributed by atoms with Crippen LogP contribution in [0.5, 0.6) is 0 Å². The van der Waals surface area contributed by atoms with Crippen molar-refractivity contribution in [1.29, 1.82) is 0 Å². The van der Waals surface area contributed by atoms with E-state index < -0.39 is 15.9 Å². The highest BCUT2D eigenvalue weighted by Crippen LogP contribution is 2.34. The van der Waals surface area contributed by atoms with Gasteiger partial charge in [0.2, 0.25) is 15.9 Å². The van der Waals surface area contributed by atoms with Gasteiger partial charge in [-0.1, -0.05) is 81.8 Å². The maximum atomic E-state index is 13.2. The van der Waals surface area contributed by atoms with Crippen molar-refractivity contribution in [2.45, 2.75) is 41.0 Å². The second-order valence-electron chi connectivity index (χ2n) is 10.9. The Morgan fingerprint density at radius 3 is 2.08 bits per heavy atom. The van der Waals surface area contributed by atoms with Crippen molar-refractivity contribution in [2.75, 3.05) is 29.6 Å². The van der Waals surface area contributed by atoms with Crippen LogP contribution in [0.15, 0.2) is 66.7 Å². The summed E-state index contributed by atoms with van der Waals surface area (Å²) in [5, 5.41) is 3.12. The van der Waals surface area contributed by atoms with Crippen LogP contribution < -0.4 is 14.9 Å². The number of nitrogens with one attached hydrogen (secondary N) is 2. The summed E-state index contributed by atoms with van der Waals surface area (Å²) in [7, 11) is -3.73. The molecule has 0 aromatic heterocycles. The molecule has 0 radical (unpaired) electrons. The lowest BCUT2D eigenvalue weighted by atomic mass is 9.97. The van der Waals surface area contributed by atoms with Crippen LogP contribution in [0.2, 0.25) is 0 Å². The molecule has 3 aromatic carbocycles. The van der Waals surface area contributed by atoms with Gasteiger partial charge >= 0.3 is 0 Å². The third kappa shape index (κ3) is 8.96. The molecule has 0 aliphatic carbocycles. The largest absolute Gasteiger partial charge is 0.369 e. The zero-order valence-corrected chi connectivity index (χ0v) is 24.4. The third-order valence-corrected chi connectivity index (χ3v) is 6.58. The summed E-state index contributed by atoms with van der Waals surface area (Å²) in [5.74, 6) is -0.0438.